The highest BCUT2D eigenvalue weighted by atomic mass is 32.2. The van der Waals surface area contributed by atoms with Gasteiger partial charge >= 0.3 is 0 Å². The van der Waals surface area contributed by atoms with Gasteiger partial charge in [0.2, 0.25) is 5.88 Å². The van der Waals surface area contributed by atoms with E-state index in [1.807, 2.05) is 19.1 Å². The second kappa shape index (κ2) is 8.58. The normalized spacial score (nSPS) is 12.3. The molecule has 8 nitrogen and oxygen atoms in total. The van der Waals surface area contributed by atoms with Gasteiger partial charge in [-0.3, -0.25) is 4.79 Å². The number of carbonyl (C=O) groups excluding carboxylic acids is 1. The van der Waals surface area contributed by atoms with Gasteiger partial charge < -0.3 is 14.6 Å². The number of amides is 1. The summed E-state index contributed by atoms with van der Waals surface area (Å²) in [5.41, 5.74) is 2.76. The minimum atomic E-state index is -3.85. The van der Waals surface area contributed by atoms with E-state index in [1.165, 1.54) is 24.3 Å². The fraction of sp³-hybridized carbons (Fsp3) is 0.238. The number of rotatable bonds is 7. The quantitative estimate of drug-likeness (QED) is 0.591. The van der Waals surface area contributed by atoms with Crippen LogP contribution in [-0.2, 0) is 14.8 Å². The Bertz CT molecular complexity index is 1140. The Morgan fingerprint density at radius 1 is 1.03 bits per heavy atom. The van der Waals surface area contributed by atoms with E-state index in [2.05, 4.69) is 15.2 Å². The third-order valence-corrected chi connectivity index (χ3v) is 5.87. The van der Waals surface area contributed by atoms with E-state index in [9.17, 15) is 13.2 Å². The molecule has 2 aromatic carbocycles. The predicted molar refractivity (Wildman–Crippen MR) is 113 cm³/mol. The van der Waals surface area contributed by atoms with Crippen molar-refractivity contribution in [3.63, 3.8) is 0 Å². The van der Waals surface area contributed by atoms with Crippen molar-refractivity contribution in [3.8, 4) is 5.75 Å². The molecule has 0 saturated carbocycles. The van der Waals surface area contributed by atoms with Gasteiger partial charge in [-0.05, 0) is 64.1 Å². The zero-order valence-corrected chi connectivity index (χ0v) is 17.9. The Labute approximate surface area is 175 Å². The van der Waals surface area contributed by atoms with Gasteiger partial charge in [0, 0.05) is 11.3 Å². The fourth-order valence-corrected chi connectivity index (χ4v) is 3.57. The summed E-state index contributed by atoms with van der Waals surface area (Å²) in [5.74, 6) is 0.317. The molecule has 1 atom stereocenters. The monoisotopic (exact) mass is 429 g/mol. The topological polar surface area (TPSA) is 111 Å². The first-order valence-corrected chi connectivity index (χ1v) is 10.7. The number of ether oxygens (including phenoxy) is 1. The number of anilines is 2. The molecule has 0 aliphatic carbocycles. The summed E-state index contributed by atoms with van der Waals surface area (Å²) >= 11 is 0. The van der Waals surface area contributed by atoms with Crippen molar-refractivity contribution in [2.24, 2.45) is 0 Å². The lowest BCUT2D eigenvalue weighted by atomic mass is 10.2. The number of aromatic nitrogens is 1. The van der Waals surface area contributed by atoms with Gasteiger partial charge in [-0.1, -0.05) is 22.9 Å². The Morgan fingerprint density at radius 2 is 1.67 bits per heavy atom. The van der Waals surface area contributed by atoms with Crippen molar-refractivity contribution >= 4 is 27.5 Å². The van der Waals surface area contributed by atoms with Crippen LogP contribution in [0, 0.1) is 20.8 Å². The first-order valence-electron chi connectivity index (χ1n) is 9.25. The number of nitrogens with zero attached hydrogens (tertiary/aromatic N) is 1. The van der Waals surface area contributed by atoms with E-state index < -0.39 is 16.1 Å². The van der Waals surface area contributed by atoms with Crippen LogP contribution in [0.25, 0.3) is 0 Å². The molecule has 0 fully saturated rings. The molecule has 0 bridgehead atoms. The maximum atomic E-state index is 12.5. The number of hydrogen-bond acceptors (Lipinski definition) is 6. The van der Waals surface area contributed by atoms with Crippen molar-refractivity contribution < 1.29 is 22.5 Å². The maximum absolute atomic E-state index is 12.5. The fourth-order valence-electron chi connectivity index (χ4n) is 2.53. The molecule has 1 amide bonds. The van der Waals surface area contributed by atoms with Gasteiger partial charge in [0.1, 0.15) is 5.75 Å². The Kier molecular flexibility index (Phi) is 6.12. The van der Waals surface area contributed by atoms with Gasteiger partial charge in [0.05, 0.1) is 10.6 Å². The summed E-state index contributed by atoms with van der Waals surface area (Å²) in [6.45, 7) is 7.03. The molecule has 0 saturated heterocycles. The average Bonchev–Trinajstić information content (AvgIpc) is 3.01. The van der Waals surface area contributed by atoms with Gasteiger partial charge in [0.15, 0.2) is 6.10 Å². The van der Waals surface area contributed by atoms with E-state index in [4.69, 9.17) is 9.26 Å². The highest BCUT2D eigenvalue weighted by molar-refractivity contribution is 7.92. The number of nitrogens with one attached hydrogen (secondary N) is 2. The van der Waals surface area contributed by atoms with Crippen molar-refractivity contribution in [2.45, 2.75) is 38.7 Å². The molecular weight excluding hydrogens is 406 g/mol. The van der Waals surface area contributed by atoms with E-state index in [1.54, 1.807) is 32.9 Å². The molecular formula is C21H23N3O5S. The molecule has 1 aromatic heterocycles. The maximum Gasteiger partial charge on any atom is 0.265 e. The standard InChI is InChI=1S/C21H23N3O5S/c1-13-5-9-18(10-6-13)28-16(4)20(25)22-17-7-11-19(12-8-17)30(26,27)24-21-14(2)15(3)23-29-21/h5-12,16,24H,1-4H3,(H,22,25). The highest BCUT2D eigenvalue weighted by Crippen LogP contribution is 2.23. The minimum Gasteiger partial charge on any atom is -0.481 e. The second-order valence-electron chi connectivity index (χ2n) is 6.91. The number of carbonyl (C=O) groups is 1. The number of aryl methyl sites for hydroxylation is 2. The molecule has 1 unspecified atom stereocenters. The second-order valence-corrected chi connectivity index (χ2v) is 8.60. The molecule has 30 heavy (non-hydrogen) atoms. The molecule has 9 heteroatoms. The third kappa shape index (κ3) is 4.98. The molecule has 1 heterocycles. The van der Waals surface area contributed by atoms with Gasteiger partial charge in [-0.15, -0.1) is 0 Å². The van der Waals surface area contributed by atoms with Gasteiger partial charge in [-0.2, -0.15) is 0 Å². The Balaban J connectivity index is 1.64. The minimum absolute atomic E-state index is 0.0258. The zero-order chi connectivity index (χ0) is 21.9. The highest BCUT2D eigenvalue weighted by Gasteiger charge is 2.20. The summed E-state index contributed by atoms with van der Waals surface area (Å²) in [4.78, 5) is 12.4. The van der Waals surface area contributed by atoms with Crippen LogP contribution in [0.4, 0.5) is 11.6 Å². The average molecular weight is 429 g/mol. The molecule has 2 N–H and O–H groups in total. The van der Waals surface area contributed by atoms with Crippen molar-refractivity contribution in [1.82, 2.24) is 5.16 Å². The predicted octanol–water partition coefficient (Wildman–Crippen LogP) is 3.81. The van der Waals surface area contributed by atoms with Gasteiger partial charge in [-0.25, -0.2) is 13.1 Å². The van der Waals surface area contributed by atoms with Gasteiger partial charge in [0.25, 0.3) is 15.9 Å². The number of benzene rings is 2. The summed E-state index contributed by atoms with van der Waals surface area (Å²) < 4.78 is 38.0. The third-order valence-electron chi connectivity index (χ3n) is 4.52. The smallest absolute Gasteiger partial charge is 0.265 e. The van der Waals surface area contributed by atoms with Crippen LogP contribution >= 0.6 is 0 Å². The Morgan fingerprint density at radius 3 is 2.23 bits per heavy atom. The lowest BCUT2D eigenvalue weighted by molar-refractivity contribution is -0.122. The molecule has 0 aliphatic rings. The largest absolute Gasteiger partial charge is 0.481 e. The summed E-state index contributed by atoms with van der Waals surface area (Å²) in [6.07, 6.45) is -0.726. The zero-order valence-electron chi connectivity index (χ0n) is 17.1. The first kappa shape index (κ1) is 21.4. The molecule has 158 valence electrons. The Hall–Kier alpha value is -3.33. The van der Waals surface area contributed by atoms with Crippen LogP contribution < -0.4 is 14.8 Å². The van der Waals surface area contributed by atoms with Crippen molar-refractivity contribution in [3.05, 3.63) is 65.4 Å². The first-order chi connectivity index (χ1) is 14.2. The van der Waals surface area contributed by atoms with E-state index in [0.717, 1.165) is 5.56 Å². The summed E-state index contributed by atoms with van der Waals surface area (Å²) in [7, 11) is -3.85. The number of hydrogen-bond donors (Lipinski definition) is 2. The van der Waals surface area contributed by atoms with Crippen molar-refractivity contribution in [1.29, 1.82) is 0 Å². The van der Waals surface area contributed by atoms with Crippen LogP contribution in [0.5, 0.6) is 5.75 Å². The molecule has 3 rings (SSSR count). The van der Waals surface area contributed by atoms with Crippen LogP contribution in [-0.4, -0.2) is 25.6 Å². The lowest BCUT2D eigenvalue weighted by Crippen LogP contribution is -2.30. The molecule has 3 aromatic rings. The SMILES string of the molecule is Cc1ccc(OC(C)C(=O)Nc2ccc(S(=O)(=O)Nc3onc(C)c3C)cc2)cc1. The van der Waals surface area contributed by atoms with Crippen LogP contribution in [0.1, 0.15) is 23.7 Å². The molecule has 0 aliphatic heterocycles. The summed E-state index contributed by atoms with van der Waals surface area (Å²) in [6, 6.07) is 13.2. The van der Waals surface area contributed by atoms with Crippen LogP contribution in [0.2, 0.25) is 0 Å². The van der Waals surface area contributed by atoms with E-state index in [-0.39, 0.29) is 16.7 Å². The number of sulfonamides is 1. The molecule has 0 spiro atoms. The van der Waals surface area contributed by atoms with E-state index >= 15 is 0 Å². The van der Waals surface area contributed by atoms with Crippen LogP contribution in [0.15, 0.2) is 57.9 Å². The lowest BCUT2D eigenvalue weighted by Gasteiger charge is -2.15. The summed E-state index contributed by atoms with van der Waals surface area (Å²) in [5, 5.41) is 6.44. The van der Waals surface area contributed by atoms with E-state index in [0.29, 0.717) is 22.7 Å². The molecule has 0 radical (unpaired) electrons. The van der Waals surface area contributed by atoms with Crippen LogP contribution in [0.3, 0.4) is 0 Å². The van der Waals surface area contributed by atoms with Crippen molar-refractivity contribution in [2.75, 3.05) is 10.0 Å².